The third kappa shape index (κ3) is 3.05. The van der Waals surface area contributed by atoms with Crippen molar-refractivity contribution in [2.24, 2.45) is 0 Å². The molecular weight excluding hydrogens is 239 g/mol. The van der Waals surface area contributed by atoms with Gasteiger partial charge in [0.2, 0.25) is 0 Å². The largest absolute Gasteiger partial charge is 0.488 e. The number of aliphatic hydroxyl groups is 1. The van der Waals surface area contributed by atoms with Crippen molar-refractivity contribution in [1.29, 1.82) is 0 Å². The third-order valence-corrected chi connectivity index (χ3v) is 3.23. The molecule has 0 aliphatic rings. The number of ether oxygens (including phenoxy) is 1. The van der Waals surface area contributed by atoms with Crippen LogP contribution in [0.25, 0.3) is 0 Å². The molecule has 2 nitrogen and oxygen atoms in total. The van der Waals surface area contributed by atoms with Crippen LogP contribution in [0.4, 0.5) is 4.39 Å². The predicted octanol–water partition coefficient (Wildman–Crippen LogP) is 3.52. The second kappa shape index (κ2) is 5.29. The summed E-state index contributed by atoms with van der Waals surface area (Å²) in [6.45, 7) is 2.02. The van der Waals surface area contributed by atoms with E-state index in [0.29, 0.717) is 17.9 Å². The van der Waals surface area contributed by atoms with E-state index in [2.05, 4.69) is 0 Å². The standard InChI is InChI=1S/C13H13FO2S/c1-9(15)12-5-4-10(14)7-13(12)16-8-11-3-2-6-17-11/h2-7,9,15H,8H2,1H3/t9-/m1/s1. The first-order chi connectivity index (χ1) is 8.16. The molecule has 17 heavy (non-hydrogen) atoms. The number of thiophene rings is 1. The van der Waals surface area contributed by atoms with E-state index in [-0.39, 0.29) is 5.82 Å². The summed E-state index contributed by atoms with van der Waals surface area (Å²) in [5.74, 6) is 0.0315. The van der Waals surface area contributed by atoms with Crippen LogP contribution in [0, 0.1) is 5.82 Å². The molecular formula is C13H13FO2S. The molecule has 1 heterocycles. The smallest absolute Gasteiger partial charge is 0.128 e. The Balaban J connectivity index is 2.16. The molecule has 0 bridgehead atoms. The lowest BCUT2D eigenvalue weighted by Crippen LogP contribution is -2.00. The van der Waals surface area contributed by atoms with Gasteiger partial charge in [0.1, 0.15) is 18.2 Å². The molecule has 2 aromatic rings. The maximum atomic E-state index is 13.1. The second-order valence-corrected chi connectivity index (χ2v) is 4.76. The van der Waals surface area contributed by atoms with E-state index in [9.17, 15) is 9.50 Å². The average molecular weight is 252 g/mol. The molecule has 0 unspecified atom stereocenters. The minimum absolute atomic E-state index is 0.365. The van der Waals surface area contributed by atoms with Crippen LogP contribution in [-0.4, -0.2) is 5.11 Å². The van der Waals surface area contributed by atoms with Gasteiger partial charge in [0.25, 0.3) is 0 Å². The monoisotopic (exact) mass is 252 g/mol. The summed E-state index contributed by atoms with van der Waals surface area (Å²) in [6.07, 6.45) is -0.672. The summed E-state index contributed by atoms with van der Waals surface area (Å²) in [6, 6.07) is 8.05. The highest BCUT2D eigenvalue weighted by atomic mass is 32.1. The lowest BCUT2D eigenvalue weighted by atomic mass is 10.1. The van der Waals surface area contributed by atoms with Crippen LogP contribution < -0.4 is 4.74 Å². The van der Waals surface area contributed by atoms with E-state index in [1.165, 1.54) is 12.1 Å². The van der Waals surface area contributed by atoms with Crippen molar-refractivity contribution in [3.63, 3.8) is 0 Å². The molecule has 1 atom stereocenters. The van der Waals surface area contributed by atoms with E-state index < -0.39 is 6.10 Å². The summed E-state index contributed by atoms with van der Waals surface area (Å²) in [4.78, 5) is 1.06. The zero-order valence-corrected chi connectivity index (χ0v) is 10.2. The molecule has 1 N–H and O–H groups in total. The molecule has 0 saturated heterocycles. The fraction of sp³-hybridized carbons (Fsp3) is 0.231. The molecule has 0 aliphatic carbocycles. The number of benzene rings is 1. The Hall–Kier alpha value is -1.39. The Labute approximate surface area is 103 Å². The topological polar surface area (TPSA) is 29.5 Å². The second-order valence-electron chi connectivity index (χ2n) is 3.73. The maximum Gasteiger partial charge on any atom is 0.128 e. The fourth-order valence-corrected chi connectivity index (χ4v) is 2.14. The first kappa shape index (κ1) is 12.1. The quantitative estimate of drug-likeness (QED) is 0.902. The normalized spacial score (nSPS) is 12.4. The number of halogens is 1. The van der Waals surface area contributed by atoms with Crippen molar-refractivity contribution in [3.8, 4) is 5.75 Å². The van der Waals surface area contributed by atoms with Gasteiger partial charge in [-0.25, -0.2) is 4.39 Å². The zero-order chi connectivity index (χ0) is 12.3. The van der Waals surface area contributed by atoms with Crippen LogP contribution in [0.3, 0.4) is 0 Å². The minimum atomic E-state index is -0.672. The lowest BCUT2D eigenvalue weighted by molar-refractivity contribution is 0.190. The van der Waals surface area contributed by atoms with Crippen LogP contribution in [0.5, 0.6) is 5.75 Å². The van der Waals surface area contributed by atoms with E-state index in [1.54, 1.807) is 24.3 Å². The van der Waals surface area contributed by atoms with Crippen LogP contribution in [-0.2, 0) is 6.61 Å². The molecule has 1 aromatic heterocycles. The highest BCUT2D eigenvalue weighted by Crippen LogP contribution is 2.27. The lowest BCUT2D eigenvalue weighted by Gasteiger charge is -2.12. The van der Waals surface area contributed by atoms with Crippen molar-refractivity contribution in [2.45, 2.75) is 19.6 Å². The minimum Gasteiger partial charge on any atom is -0.488 e. The molecule has 2 rings (SSSR count). The van der Waals surface area contributed by atoms with Crippen molar-refractivity contribution < 1.29 is 14.2 Å². The molecule has 4 heteroatoms. The molecule has 0 spiro atoms. The van der Waals surface area contributed by atoms with Gasteiger partial charge in [0.15, 0.2) is 0 Å². The molecule has 0 aliphatic heterocycles. The van der Waals surface area contributed by atoms with E-state index in [1.807, 2.05) is 17.5 Å². The van der Waals surface area contributed by atoms with Crippen LogP contribution in [0.1, 0.15) is 23.5 Å². The Morgan fingerprint density at radius 1 is 1.41 bits per heavy atom. The van der Waals surface area contributed by atoms with Gasteiger partial charge in [0, 0.05) is 16.5 Å². The molecule has 90 valence electrons. The van der Waals surface area contributed by atoms with Gasteiger partial charge < -0.3 is 9.84 Å². The number of aliphatic hydroxyl groups excluding tert-OH is 1. The Bertz CT molecular complexity index is 480. The van der Waals surface area contributed by atoms with Gasteiger partial charge in [0.05, 0.1) is 6.10 Å². The van der Waals surface area contributed by atoms with Crippen LogP contribution in [0.2, 0.25) is 0 Å². The van der Waals surface area contributed by atoms with Gasteiger partial charge >= 0.3 is 0 Å². The molecule has 1 aromatic carbocycles. The van der Waals surface area contributed by atoms with Crippen molar-refractivity contribution >= 4 is 11.3 Å². The molecule has 0 fully saturated rings. The van der Waals surface area contributed by atoms with Gasteiger partial charge in [-0.2, -0.15) is 0 Å². The highest BCUT2D eigenvalue weighted by molar-refractivity contribution is 7.09. The average Bonchev–Trinajstić information content (AvgIpc) is 2.78. The SMILES string of the molecule is C[C@@H](O)c1ccc(F)cc1OCc1cccs1. The number of hydrogen-bond acceptors (Lipinski definition) is 3. The number of rotatable bonds is 4. The van der Waals surface area contributed by atoms with Gasteiger partial charge in [-0.05, 0) is 30.5 Å². The van der Waals surface area contributed by atoms with E-state index in [0.717, 1.165) is 4.88 Å². The summed E-state index contributed by atoms with van der Waals surface area (Å²) >= 11 is 1.58. The maximum absolute atomic E-state index is 13.1. The van der Waals surface area contributed by atoms with Gasteiger partial charge in [-0.15, -0.1) is 11.3 Å². The van der Waals surface area contributed by atoms with Gasteiger partial charge in [-0.3, -0.25) is 0 Å². The summed E-state index contributed by atoms with van der Waals surface area (Å²) in [5.41, 5.74) is 0.600. The van der Waals surface area contributed by atoms with Crippen molar-refractivity contribution in [2.75, 3.05) is 0 Å². The fourth-order valence-electron chi connectivity index (χ4n) is 1.52. The summed E-state index contributed by atoms with van der Waals surface area (Å²) in [7, 11) is 0. The first-order valence-corrected chi connectivity index (χ1v) is 6.17. The van der Waals surface area contributed by atoms with Crippen molar-refractivity contribution in [1.82, 2.24) is 0 Å². The predicted molar refractivity (Wildman–Crippen MR) is 65.7 cm³/mol. The Morgan fingerprint density at radius 3 is 2.88 bits per heavy atom. The van der Waals surface area contributed by atoms with Crippen LogP contribution in [0.15, 0.2) is 35.7 Å². The van der Waals surface area contributed by atoms with Crippen LogP contribution >= 0.6 is 11.3 Å². The highest BCUT2D eigenvalue weighted by Gasteiger charge is 2.10. The molecule has 0 radical (unpaired) electrons. The number of hydrogen-bond donors (Lipinski definition) is 1. The molecule has 0 saturated carbocycles. The van der Waals surface area contributed by atoms with Crippen molar-refractivity contribution in [3.05, 3.63) is 52.0 Å². The van der Waals surface area contributed by atoms with E-state index >= 15 is 0 Å². The van der Waals surface area contributed by atoms with Gasteiger partial charge in [-0.1, -0.05) is 6.07 Å². The summed E-state index contributed by atoms with van der Waals surface area (Å²) in [5, 5.41) is 11.5. The third-order valence-electron chi connectivity index (χ3n) is 2.38. The molecule has 0 amide bonds. The summed E-state index contributed by atoms with van der Waals surface area (Å²) < 4.78 is 18.7. The zero-order valence-electron chi connectivity index (χ0n) is 9.39. The first-order valence-electron chi connectivity index (χ1n) is 5.29. The Morgan fingerprint density at radius 2 is 2.24 bits per heavy atom. The Kier molecular flexibility index (Phi) is 3.76. The van der Waals surface area contributed by atoms with E-state index in [4.69, 9.17) is 4.74 Å².